The minimum Gasteiger partial charge on any atom is -0.295 e. The number of nitrogens with one attached hydrogen (secondary N) is 1. The lowest BCUT2D eigenvalue weighted by Gasteiger charge is -2.02. The summed E-state index contributed by atoms with van der Waals surface area (Å²) in [6.07, 6.45) is 1.53. The Bertz CT molecular complexity index is 1850. The van der Waals surface area contributed by atoms with Crippen LogP contribution in [-0.2, 0) is 0 Å². The van der Waals surface area contributed by atoms with Gasteiger partial charge in [-0.25, -0.2) is 9.67 Å². The molecule has 0 aliphatic carbocycles. The third-order valence-corrected chi connectivity index (χ3v) is 6.05. The SMILES string of the molecule is CC(=O)c1ccc(-n2[nH]c(C)c(C=c3c(C)c(C#N)c4nc5ccccc5n4c3=O)c2=O)cc1. The molecule has 0 aliphatic heterocycles. The number of pyridine rings is 1. The Morgan fingerprint density at radius 2 is 1.76 bits per heavy atom. The topological polar surface area (TPSA) is 113 Å². The number of carbonyl (C=O) groups excluding carboxylic acids is 1. The maximum absolute atomic E-state index is 13.5. The monoisotopic (exact) mass is 449 g/mol. The number of imidazole rings is 1. The van der Waals surface area contributed by atoms with Gasteiger partial charge in [-0.15, -0.1) is 0 Å². The first-order chi connectivity index (χ1) is 16.3. The van der Waals surface area contributed by atoms with E-state index in [2.05, 4.69) is 16.2 Å². The number of ketones is 1. The summed E-state index contributed by atoms with van der Waals surface area (Å²) in [7, 11) is 0. The lowest BCUT2D eigenvalue weighted by Crippen LogP contribution is -2.34. The molecule has 0 atom stereocenters. The van der Waals surface area contributed by atoms with Gasteiger partial charge >= 0.3 is 0 Å². The highest BCUT2D eigenvalue weighted by Crippen LogP contribution is 2.18. The second-order valence-corrected chi connectivity index (χ2v) is 8.13. The van der Waals surface area contributed by atoms with Crippen molar-refractivity contribution in [3.05, 3.63) is 102 Å². The molecule has 0 aliphatic rings. The average molecular weight is 449 g/mol. The van der Waals surface area contributed by atoms with Crippen LogP contribution < -0.4 is 16.3 Å². The number of fused-ring (bicyclic) bond motifs is 3. The van der Waals surface area contributed by atoms with Crippen molar-refractivity contribution >= 4 is 28.5 Å². The Kier molecular flexibility index (Phi) is 4.76. The molecular weight excluding hydrogens is 430 g/mol. The lowest BCUT2D eigenvalue weighted by molar-refractivity contribution is 0.101. The zero-order valence-corrected chi connectivity index (χ0v) is 18.7. The van der Waals surface area contributed by atoms with Crippen LogP contribution in [0.5, 0.6) is 0 Å². The highest BCUT2D eigenvalue weighted by molar-refractivity contribution is 5.94. The zero-order chi connectivity index (χ0) is 24.1. The molecule has 5 aromatic rings. The van der Waals surface area contributed by atoms with Crippen molar-refractivity contribution in [3.63, 3.8) is 0 Å². The fraction of sp³-hybridized carbons (Fsp3) is 0.115. The van der Waals surface area contributed by atoms with E-state index in [9.17, 15) is 19.6 Å². The van der Waals surface area contributed by atoms with E-state index in [1.54, 1.807) is 56.3 Å². The third kappa shape index (κ3) is 3.06. The highest BCUT2D eigenvalue weighted by Gasteiger charge is 2.18. The molecule has 5 rings (SSSR count). The van der Waals surface area contributed by atoms with Crippen LogP contribution in [-0.4, -0.2) is 24.9 Å². The van der Waals surface area contributed by atoms with Crippen molar-refractivity contribution in [1.29, 1.82) is 5.26 Å². The van der Waals surface area contributed by atoms with Crippen LogP contribution in [0.4, 0.5) is 0 Å². The van der Waals surface area contributed by atoms with Gasteiger partial charge in [0.1, 0.15) is 6.07 Å². The van der Waals surface area contributed by atoms with Gasteiger partial charge in [-0.3, -0.25) is 23.9 Å². The smallest absolute Gasteiger partial charge is 0.278 e. The number of aromatic amines is 1. The summed E-state index contributed by atoms with van der Waals surface area (Å²) in [5.41, 5.74) is 3.55. The summed E-state index contributed by atoms with van der Waals surface area (Å²) in [6, 6.07) is 16.0. The van der Waals surface area contributed by atoms with Gasteiger partial charge in [-0.1, -0.05) is 12.1 Å². The van der Waals surface area contributed by atoms with Gasteiger partial charge in [0.25, 0.3) is 11.1 Å². The number of carbonyl (C=O) groups is 1. The number of aromatic nitrogens is 4. The minimum atomic E-state index is -0.349. The number of nitrogens with zero attached hydrogens (tertiary/aromatic N) is 4. The van der Waals surface area contributed by atoms with Gasteiger partial charge in [0.05, 0.1) is 27.8 Å². The van der Waals surface area contributed by atoms with Crippen LogP contribution in [0.1, 0.15) is 39.7 Å². The predicted molar refractivity (Wildman–Crippen MR) is 128 cm³/mol. The van der Waals surface area contributed by atoms with Gasteiger partial charge in [0, 0.05) is 16.5 Å². The van der Waals surface area contributed by atoms with E-state index in [0.717, 1.165) is 0 Å². The third-order valence-electron chi connectivity index (χ3n) is 6.05. The van der Waals surface area contributed by atoms with Gasteiger partial charge in [0.15, 0.2) is 11.4 Å². The Hall–Kier alpha value is -4.77. The molecule has 8 heteroatoms. The molecule has 34 heavy (non-hydrogen) atoms. The molecule has 166 valence electrons. The van der Waals surface area contributed by atoms with Crippen LogP contribution in [0.2, 0.25) is 0 Å². The number of Topliss-reactive ketones (excluding diaryl/α,β-unsaturated/α-hetero) is 1. The summed E-state index contributed by atoms with van der Waals surface area (Å²) >= 11 is 0. The van der Waals surface area contributed by atoms with Crippen molar-refractivity contribution < 1.29 is 4.79 Å². The summed E-state index contributed by atoms with van der Waals surface area (Å²) in [6.45, 7) is 4.90. The largest absolute Gasteiger partial charge is 0.295 e. The fourth-order valence-electron chi connectivity index (χ4n) is 4.19. The van der Waals surface area contributed by atoms with Crippen molar-refractivity contribution in [2.24, 2.45) is 0 Å². The molecule has 0 amide bonds. The number of H-pyrrole nitrogens is 1. The van der Waals surface area contributed by atoms with E-state index in [-0.39, 0.29) is 27.7 Å². The molecule has 0 fully saturated rings. The zero-order valence-electron chi connectivity index (χ0n) is 18.7. The Labute approximate surface area is 193 Å². The number of benzene rings is 2. The van der Waals surface area contributed by atoms with E-state index in [0.29, 0.717) is 44.8 Å². The van der Waals surface area contributed by atoms with Crippen LogP contribution in [0.25, 0.3) is 28.4 Å². The van der Waals surface area contributed by atoms with E-state index in [1.807, 2.05) is 6.07 Å². The fourth-order valence-corrected chi connectivity index (χ4v) is 4.19. The maximum Gasteiger partial charge on any atom is 0.278 e. The van der Waals surface area contributed by atoms with E-state index in [4.69, 9.17) is 0 Å². The number of hydrogen-bond acceptors (Lipinski definition) is 5. The van der Waals surface area contributed by atoms with E-state index < -0.39 is 0 Å². The molecule has 1 N–H and O–H groups in total. The average Bonchev–Trinajstić information content (AvgIpc) is 3.34. The first kappa shape index (κ1) is 21.1. The molecule has 0 bridgehead atoms. The lowest BCUT2D eigenvalue weighted by atomic mass is 10.1. The van der Waals surface area contributed by atoms with Gasteiger partial charge < -0.3 is 0 Å². The van der Waals surface area contributed by atoms with Gasteiger partial charge in [-0.2, -0.15) is 5.26 Å². The number of rotatable bonds is 3. The first-order valence-corrected chi connectivity index (χ1v) is 10.6. The van der Waals surface area contributed by atoms with Crippen molar-refractivity contribution in [1.82, 2.24) is 19.2 Å². The Balaban J connectivity index is 1.79. The molecule has 3 heterocycles. The molecule has 0 saturated heterocycles. The number of hydrogen-bond donors (Lipinski definition) is 1. The molecule has 8 nitrogen and oxygen atoms in total. The summed E-state index contributed by atoms with van der Waals surface area (Å²) in [5.74, 6) is -0.0650. The molecular formula is C26H19N5O3. The normalized spacial score (nSPS) is 11.9. The Morgan fingerprint density at radius 1 is 1.06 bits per heavy atom. The van der Waals surface area contributed by atoms with Crippen LogP contribution in [0.15, 0.2) is 58.1 Å². The molecule has 0 saturated carbocycles. The van der Waals surface area contributed by atoms with Gasteiger partial charge in [0.2, 0.25) is 0 Å². The van der Waals surface area contributed by atoms with Gasteiger partial charge in [-0.05, 0) is 68.8 Å². The van der Waals surface area contributed by atoms with Crippen LogP contribution >= 0.6 is 0 Å². The van der Waals surface area contributed by atoms with E-state index >= 15 is 0 Å². The summed E-state index contributed by atoms with van der Waals surface area (Å²) in [4.78, 5) is 42.8. The predicted octanol–water partition coefficient (Wildman–Crippen LogP) is 2.57. The van der Waals surface area contributed by atoms with Crippen LogP contribution in [0.3, 0.4) is 0 Å². The molecule has 0 radical (unpaired) electrons. The number of aryl methyl sites for hydroxylation is 1. The molecule has 0 spiro atoms. The molecule has 2 aromatic carbocycles. The standard InChI is InChI=1S/C26H19N5O3/c1-14-19(25(33)30-23-7-5-4-6-22(23)28-24(30)21(14)13-27)12-20-15(2)29-31(26(20)34)18-10-8-17(9-11-18)16(3)32/h4-12,29H,1-3H3. The second-order valence-electron chi connectivity index (χ2n) is 8.13. The number of para-hydroxylation sites is 2. The molecule has 0 unspecified atom stereocenters. The number of nitriles is 1. The van der Waals surface area contributed by atoms with Crippen molar-refractivity contribution in [2.75, 3.05) is 0 Å². The van der Waals surface area contributed by atoms with Crippen molar-refractivity contribution in [2.45, 2.75) is 20.8 Å². The summed E-state index contributed by atoms with van der Waals surface area (Å²) in [5, 5.41) is 13.1. The van der Waals surface area contributed by atoms with E-state index in [1.165, 1.54) is 22.1 Å². The minimum absolute atomic E-state index is 0.0650. The van der Waals surface area contributed by atoms with Crippen LogP contribution in [0, 0.1) is 25.2 Å². The highest BCUT2D eigenvalue weighted by atomic mass is 16.1. The first-order valence-electron chi connectivity index (χ1n) is 10.6. The summed E-state index contributed by atoms with van der Waals surface area (Å²) < 4.78 is 2.79. The van der Waals surface area contributed by atoms with Crippen molar-refractivity contribution in [3.8, 4) is 11.8 Å². The molecule has 3 aromatic heterocycles. The maximum atomic E-state index is 13.5. The second kappa shape index (κ2) is 7.67. The Morgan fingerprint density at radius 3 is 2.44 bits per heavy atom. The quantitative estimate of drug-likeness (QED) is 0.426.